The molecule has 0 aliphatic carbocycles. The Bertz CT molecular complexity index is 2870. The summed E-state index contributed by atoms with van der Waals surface area (Å²) in [6, 6.07) is 70.5. The van der Waals surface area contributed by atoms with E-state index in [1.165, 1.54) is 65.3 Å². The van der Waals surface area contributed by atoms with Crippen molar-refractivity contribution in [3.05, 3.63) is 194 Å². The fourth-order valence-corrected chi connectivity index (χ4v) is 7.94. The summed E-state index contributed by atoms with van der Waals surface area (Å²) >= 11 is 0. The number of para-hydroxylation sites is 3. The van der Waals surface area contributed by atoms with Crippen LogP contribution in [0.2, 0.25) is 0 Å². The van der Waals surface area contributed by atoms with Crippen molar-refractivity contribution in [1.82, 2.24) is 4.57 Å². The average Bonchev–Trinajstić information content (AvgIpc) is 3.52. The van der Waals surface area contributed by atoms with Crippen LogP contribution in [-0.4, -0.2) is 4.57 Å². The second-order valence-electron chi connectivity index (χ2n) is 12.9. The van der Waals surface area contributed by atoms with Crippen LogP contribution in [0.5, 0.6) is 0 Å². The lowest BCUT2D eigenvalue weighted by Gasteiger charge is -2.30. The quantitative estimate of drug-likeness (QED) is 0.171. The zero-order valence-electron chi connectivity index (χ0n) is 27.4. The molecule has 10 aromatic rings. The molecule has 0 N–H and O–H groups in total. The molecule has 0 saturated heterocycles. The Morgan fingerprint density at radius 2 is 0.980 bits per heavy atom. The van der Waals surface area contributed by atoms with E-state index in [0.717, 1.165) is 22.7 Å². The van der Waals surface area contributed by atoms with Gasteiger partial charge >= 0.3 is 0 Å². The van der Waals surface area contributed by atoms with Crippen LogP contribution in [0, 0.1) is 0 Å². The molecule has 0 atom stereocenters. The van der Waals surface area contributed by atoms with Crippen molar-refractivity contribution in [1.29, 1.82) is 0 Å². The minimum absolute atomic E-state index is 1.11. The maximum absolute atomic E-state index is 2.48. The Hall–Kier alpha value is -6.64. The lowest BCUT2D eigenvalue weighted by Crippen LogP contribution is -2.12. The van der Waals surface area contributed by atoms with Crippen LogP contribution in [0.1, 0.15) is 0 Å². The summed E-state index contributed by atoms with van der Waals surface area (Å²) in [6.07, 6.45) is 0. The Morgan fingerprint density at radius 1 is 0.360 bits per heavy atom. The Kier molecular flexibility index (Phi) is 6.53. The van der Waals surface area contributed by atoms with Crippen LogP contribution >= 0.6 is 0 Å². The Morgan fingerprint density at radius 3 is 1.82 bits per heavy atom. The zero-order chi connectivity index (χ0) is 33.0. The molecule has 0 aliphatic rings. The highest BCUT2D eigenvalue weighted by Crippen LogP contribution is 2.47. The van der Waals surface area contributed by atoms with Gasteiger partial charge < -0.3 is 9.47 Å². The summed E-state index contributed by atoms with van der Waals surface area (Å²) in [6.45, 7) is 0. The maximum Gasteiger partial charge on any atom is 0.0546 e. The minimum Gasteiger partial charge on any atom is -0.309 e. The van der Waals surface area contributed by atoms with E-state index < -0.39 is 0 Å². The first kappa shape index (κ1) is 28.4. The molecule has 2 nitrogen and oxygen atoms in total. The molecule has 0 spiro atoms. The third-order valence-electron chi connectivity index (χ3n) is 10.1. The summed E-state index contributed by atoms with van der Waals surface area (Å²) in [5.74, 6) is 0. The van der Waals surface area contributed by atoms with E-state index in [1.807, 2.05) is 0 Å². The fraction of sp³-hybridized carbons (Fsp3) is 0. The van der Waals surface area contributed by atoms with Crippen LogP contribution in [0.4, 0.5) is 17.1 Å². The molecule has 50 heavy (non-hydrogen) atoms. The number of anilines is 3. The molecular formula is C48H32N2. The molecule has 9 aromatic carbocycles. The lowest BCUT2D eigenvalue weighted by atomic mass is 9.94. The molecular weight excluding hydrogens is 605 g/mol. The van der Waals surface area contributed by atoms with Gasteiger partial charge in [-0.2, -0.15) is 0 Å². The predicted molar refractivity (Wildman–Crippen MR) is 213 cm³/mol. The van der Waals surface area contributed by atoms with Gasteiger partial charge in [-0.25, -0.2) is 0 Å². The van der Waals surface area contributed by atoms with E-state index >= 15 is 0 Å². The third kappa shape index (κ3) is 4.43. The van der Waals surface area contributed by atoms with Crippen LogP contribution in [0.25, 0.3) is 70.9 Å². The summed E-state index contributed by atoms with van der Waals surface area (Å²) < 4.78 is 2.38. The fourth-order valence-electron chi connectivity index (χ4n) is 7.94. The van der Waals surface area contributed by atoms with Gasteiger partial charge in [-0.05, 0) is 81.0 Å². The molecule has 0 unspecified atom stereocenters. The first-order valence-electron chi connectivity index (χ1n) is 17.2. The highest BCUT2D eigenvalue weighted by atomic mass is 15.1. The number of benzene rings is 9. The lowest BCUT2D eigenvalue weighted by molar-refractivity contribution is 1.18. The molecule has 0 amide bonds. The van der Waals surface area contributed by atoms with E-state index in [1.54, 1.807) is 0 Å². The van der Waals surface area contributed by atoms with Crippen molar-refractivity contribution >= 4 is 71.2 Å². The smallest absolute Gasteiger partial charge is 0.0546 e. The van der Waals surface area contributed by atoms with Crippen molar-refractivity contribution in [3.8, 4) is 16.8 Å². The number of hydrogen-bond acceptors (Lipinski definition) is 1. The van der Waals surface area contributed by atoms with Crippen LogP contribution < -0.4 is 4.90 Å². The maximum atomic E-state index is 2.48. The van der Waals surface area contributed by atoms with Gasteiger partial charge in [0.2, 0.25) is 0 Å². The van der Waals surface area contributed by atoms with Crippen LogP contribution in [-0.2, 0) is 0 Å². The van der Waals surface area contributed by atoms with Gasteiger partial charge in [-0.15, -0.1) is 0 Å². The normalized spacial score (nSPS) is 11.6. The zero-order valence-corrected chi connectivity index (χ0v) is 27.4. The first-order valence-corrected chi connectivity index (χ1v) is 17.2. The topological polar surface area (TPSA) is 8.17 Å². The average molecular weight is 637 g/mol. The summed E-state index contributed by atoms with van der Waals surface area (Å²) in [5.41, 5.74) is 9.31. The molecule has 0 fully saturated rings. The first-order chi connectivity index (χ1) is 24.8. The van der Waals surface area contributed by atoms with E-state index in [-0.39, 0.29) is 0 Å². The van der Waals surface area contributed by atoms with Crippen molar-refractivity contribution in [2.45, 2.75) is 0 Å². The van der Waals surface area contributed by atoms with E-state index in [0.29, 0.717) is 0 Å². The van der Waals surface area contributed by atoms with Gasteiger partial charge in [0, 0.05) is 33.1 Å². The van der Waals surface area contributed by atoms with Crippen LogP contribution in [0.15, 0.2) is 194 Å². The van der Waals surface area contributed by atoms with E-state index in [2.05, 4.69) is 204 Å². The van der Waals surface area contributed by atoms with Gasteiger partial charge in [0.05, 0.1) is 22.4 Å². The second-order valence-corrected chi connectivity index (χ2v) is 12.9. The summed E-state index contributed by atoms with van der Waals surface area (Å²) in [7, 11) is 0. The highest BCUT2D eigenvalue weighted by Gasteiger charge is 2.22. The molecule has 0 bridgehead atoms. The Balaban J connectivity index is 1.31. The third-order valence-corrected chi connectivity index (χ3v) is 10.1. The van der Waals surface area contributed by atoms with E-state index in [4.69, 9.17) is 0 Å². The highest BCUT2D eigenvalue weighted by molar-refractivity contribution is 6.24. The van der Waals surface area contributed by atoms with E-state index in [9.17, 15) is 0 Å². The van der Waals surface area contributed by atoms with Gasteiger partial charge in [0.1, 0.15) is 0 Å². The number of hydrogen-bond donors (Lipinski definition) is 0. The van der Waals surface area contributed by atoms with Gasteiger partial charge in [-0.3, -0.25) is 0 Å². The number of nitrogens with zero attached hydrogens (tertiary/aromatic N) is 2. The van der Waals surface area contributed by atoms with Gasteiger partial charge in [0.25, 0.3) is 0 Å². The number of aromatic nitrogens is 1. The molecule has 1 aromatic heterocycles. The van der Waals surface area contributed by atoms with Crippen molar-refractivity contribution in [2.24, 2.45) is 0 Å². The van der Waals surface area contributed by atoms with Gasteiger partial charge in [0.15, 0.2) is 0 Å². The molecule has 10 rings (SSSR count). The van der Waals surface area contributed by atoms with Crippen molar-refractivity contribution in [2.75, 3.05) is 4.90 Å². The predicted octanol–water partition coefficient (Wildman–Crippen LogP) is 13.4. The molecule has 2 heteroatoms. The minimum atomic E-state index is 1.11. The van der Waals surface area contributed by atoms with Crippen LogP contribution in [0.3, 0.4) is 0 Å². The van der Waals surface area contributed by atoms with Crippen molar-refractivity contribution < 1.29 is 0 Å². The molecule has 1 heterocycles. The second kappa shape index (κ2) is 11.5. The summed E-state index contributed by atoms with van der Waals surface area (Å²) in [5, 5.41) is 9.97. The monoisotopic (exact) mass is 636 g/mol. The SMILES string of the molecule is c1ccc(-c2ccccc2N(c2ccc3c(c2)c2ccccc2n3-c2ccccc2)c2cc3ccc4ccccc4c3c3ccccc23)cc1. The summed E-state index contributed by atoms with van der Waals surface area (Å²) in [4.78, 5) is 2.48. The number of rotatable bonds is 5. The molecule has 234 valence electrons. The largest absolute Gasteiger partial charge is 0.309 e. The molecule has 0 radical (unpaired) electrons. The molecule has 0 saturated carbocycles. The number of fused-ring (bicyclic) bond motifs is 8. The van der Waals surface area contributed by atoms with Crippen molar-refractivity contribution in [3.63, 3.8) is 0 Å². The van der Waals surface area contributed by atoms with Gasteiger partial charge in [-0.1, -0.05) is 146 Å². The molecule has 0 aliphatic heterocycles. The standard InChI is InChI=1S/C48H32N2/c1-3-15-33(16-4-1)38-20-11-13-25-44(38)50(47-31-35-28-27-34-17-7-8-21-39(34)48(35)42-24-10-9-22-40(42)47)37-29-30-46-43(32-37)41-23-12-14-26-45(41)49(46)36-18-5-2-6-19-36/h1-32H. The Labute approximate surface area is 290 Å².